The number of benzene rings is 1. The third-order valence-electron chi connectivity index (χ3n) is 1.96. The molecule has 1 aromatic heterocycles. The number of hydrogen-bond donors (Lipinski definition) is 0. The Morgan fingerprint density at radius 1 is 1.50 bits per heavy atom. The Morgan fingerprint density at radius 2 is 2.33 bits per heavy atom. The minimum absolute atomic E-state index is 0.412. The van der Waals surface area contributed by atoms with E-state index in [4.69, 9.17) is 0 Å². The highest BCUT2D eigenvalue weighted by atomic mass is 19.1. The fourth-order valence-corrected chi connectivity index (χ4v) is 1.30. The summed E-state index contributed by atoms with van der Waals surface area (Å²) in [6.07, 6.45) is 1.74. The third-order valence-corrected chi connectivity index (χ3v) is 1.96. The summed E-state index contributed by atoms with van der Waals surface area (Å²) in [6, 6.07) is 5.49. The summed E-state index contributed by atoms with van der Waals surface area (Å²) >= 11 is 0. The maximum absolute atomic E-state index is 12.2. The molecule has 0 aliphatic rings. The first-order chi connectivity index (χ1) is 5.81. The van der Waals surface area contributed by atoms with Crippen LogP contribution < -0.4 is 0 Å². The van der Waals surface area contributed by atoms with Crippen LogP contribution in [0, 0.1) is 0 Å². The molecule has 62 valence electrons. The molecule has 1 aromatic carbocycles. The summed E-state index contributed by atoms with van der Waals surface area (Å²) in [5.41, 5.74) is 1.74. The molecule has 2 aromatic rings. The van der Waals surface area contributed by atoms with Crippen LogP contribution in [0.1, 0.15) is 5.56 Å². The summed E-state index contributed by atoms with van der Waals surface area (Å²) in [6.45, 7) is -0.412. The maximum atomic E-state index is 12.2. The van der Waals surface area contributed by atoms with Crippen LogP contribution >= 0.6 is 0 Å². The summed E-state index contributed by atoms with van der Waals surface area (Å²) in [4.78, 5) is 0. The molecule has 2 nitrogen and oxygen atoms in total. The zero-order valence-corrected chi connectivity index (χ0v) is 6.79. The van der Waals surface area contributed by atoms with Crippen LogP contribution in [-0.4, -0.2) is 9.78 Å². The Balaban J connectivity index is 2.69. The minimum atomic E-state index is -0.412. The zero-order valence-electron chi connectivity index (χ0n) is 6.79. The van der Waals surface area contributed by atoms with Crippen LogP contribution in [0.2, 0.25) is 0 Å². The van der Waals surface area contributed by atoms with Crippen molar-refractivity contribution in [3.8, 4) is 0 Å². The van der Waals surface area contributed by atoms with Crippen LogP contribution in [0.4, 0.5) is 4.39 Å². The third kappa shape index (κ3) is 0.978. The molecule has 0 radical (unpaired) electrons. The van der Waals surface area contributed by atoms with E-state index in [2.05, 4.69) is 5.10 Å². The average Bonchev–Trinajstić information content (AvgIpc) is 2.47. The van der Waals surface area contributed by atoms with Gasteiger partial charge in [-0.15, -0.1) is 0 Å². The Morgan fingerprint density at radius 3 is 3.08 bits per heavy atom. The molecule has 0 amide bonds. The van der Waals surface area contributed by atoms with Crippen molar-refractivity contribution in [2.75, 3.05) is 0 Å². The molecule has 0 aliphatic carbocycles. The second-order valence-corrected chi connectivity index (χ2v) is 2.79. The van der Waals surface area contributed by atoms with E-state index in [9.17, 15) is 4.39 Å². The van der Waals surface area contributed by atoms with Gasteiger partial charge in [-0.1, -0.05) is 6.07 Å². The van der Waals surface area contributed by atoms with E-state index in [1.54, 1.807) is 16.9 Å². The van der Waals surface area contributed by atoms with Gasteiger partial charge in [0.05, 0.1) is 11.7 Å². The molecular formula is C9H9FN2. The predicted octanol–water partition coefficient (Wildman–Crippen LogP) is 2.04. The molecule has 2 rings (SSSR count). The summed E-state index contributed by atoms with van der Waals surface area (Å²) in [5, 5.41) is 5.06. The lowest BCUT2D eigenvalue weighted by Gasteiger charge is -1.95. The molecule has 0 N–H and O–H groups in total. The normalized spacial score (nSPS) is 10.8. The summed E-state index contributed by atoms with van der Waals surface area (Å²) in [7, 11) is 1.87. The second-order valence-electron chi connectivity index (χ2n) is 2.79. The molecule has 0 aliphatic heterocycles. The second kappa shape index (κ2) is 2.59. The molecule has 0 unspecified atom stereocenters. The van der Waals surface area contributed by atoms with Crippen LogP contribution in [0.25, 0.3) is 10.9 Å². The lowest BCUT2D eigenvalue weighted by atomic mass is 10.2. The van der Waals surface area contributed by atoms with Gasteiger partial charge in [-0.25, -0.2) is 4.39 Å². The fraction of sp³-hybridized carbons (Fsp3) is 0.222. The van der Waals surface area contributed by atoms with Crippen molar-refractivity contribution < 1.29 is 4.39 Å². The lowest BCUT2D eigenvalue weighted by molar-refractivity contribution is 0.485. The van der Waals surface area contributed by atoms with Crippen molar-refractivity contribution in [3.05, 3.63) is 30.0 Å². The van der Waals surface area contributed by atoms with Crippen LogP contribution in [0.15, 0.2) is 24.4 Å². The molecular weight excluding hydrogens is 155 g/mol. The standard InChI is InChI=1S/C9H9FN2/c1-12-9-3-2-7(5-10)4-8(9)6-11-12/h2-4,6H,5H2,1H3. The van der Waals surface area contributed by atoms with Crippen molar-refractivity contribution in [2.24, 2.45) is 7.05 Å². The van der Waals surface area contributed by atoms with Crippen LogP contribution in [-0.2, 0) is 13.7 Å². The Bertz CT molecular complexity index is 406. The predicted molar refractivity (Wildman–Crippen MR) is 45.5 cm³/mol. The quantitative estimate of drug-likeness (QED) is 0.630. The van der Waals surface area contributed by atoms with Crippen LogP contribution in [0.3, 0.4) is 0 Å². The van der Waals surface area contributed by atoms with Crippen molar-refractivity contribution >= 4 is 10.9 Å². The van der Waals surface area contributed by atoms with Gasteiger partial charge in [0.15, 0.2) is 0 Å². The highest BCUT2D eigenvalue weighted by molar-refractivity contribution is 5.79. The first kappa shape index (κ1) is 7.28. The monoisotopic (exact) mass is 164 g/mol. The van der Waals surface area contributed by atoms with Gasteiger partial charge in [0.1, 0.15) is 6.67 Å². The molecule has 0 atom stereocenters. The SMILES string of the molecule is Cn1ncc2cc(CF)ccc21. The maximum Gasteiger partial charge on any atom is 0.115 e. The number of rotatable bonds is 1. The molecule has 0 saturated heterocycles. The van der Waals surface area contributed by atoms with E-state index >= 15 is 0 Å². The highest BCUT2D eigenvalue weighted by Gasteiger charge is 1.99. The number of aryl methyl sites for hydroxylation is 1. The Hall–Kier alpha value is -1.38. The van der Waals surface area contributed by atoms with Crippen molar-refractivity contribution in [1.82, 2.24) is 9.78 Å². The Kier molecular flexibility index (Phi) is 1.57. The minimum Gasteiger partial charge on any atom is -0.268 e. The largest absolute Gasteiger partial charge is 0.268 e. The molecule has 12 heavy (non-hydrogen) atoms. The van der Waals surface area contributed by atoms with Crippen molar-refractivity contribution in [3.63, 3.8) is 0 Å². The lowest BCUT2D eigenvalue weighted by Crippen LogP contribution is -1.88. The van der Waals surface area contributed by atoms with Crippen molar-refractivity contribution in [2.45, 2.75) is 6.67 Å². The fourth-order valence-electron chi connectivity index (χ4n) is 1.30. The molecule has 0 saturated carbocycles. The number of fused-ring (bicyclic) bond motifs is 1. The zero-order chi connectivity index (χ0) is 8.55. The average molecular weight is 164 g/mol. The number of halogens is 1. The smallest absolute Gasteiger partial charge is 0.115 e. The Labute approximate surface area is 69.6 Å². The van der Waals surface area contributed by atoms with Gasteiger partial charge < -0.3 is 0 Å². The van der Waals surface area contributed by atoms with Gasteiger partial charge in [0.2, 0.25) is 0 Å². The number of hydrogen-bond acceptors (Lipinski definition) is 1. The van der Waals surface area contributed by atoms with E-state index in [1.807, 2.05) is 19.2 Å². The molecule has 0 spiro atoms. The summed E-state index contributed by atoms with van der Waals surface area (Å²) < 4.78 is 14.0. The van der Waals surface area contributed by atoms with Gasteiger partial charge >= 0.3 is 0 Å². The van der Waals surface area contributed by atoms with E-state index in [0.29, 0.717) is 5.56 Å². The molecule has 0 fully saturated rings. The van der Waals surface area contributed by atoms with E-state index < -0.39 is 6.67 Å². The number of alkyl halides is 1. The molecule has 1 heterocycles. The molecule has 0 bridgehead atoms. The van der Waals surface area contributed by atoms with Gasteiger partial charge in [-0.2, -0.15) is 5.10 Å². The van der Waals surface area contributed by atoms with Gasteiger partial charge in [-0.05, 0) is 17.7 Å². The van der Waals surface area contributed by atoms with Gasteiger partial charge in [-0.3, -0.25) is 4.68 Å². The van der Waals surface area contributed by atoms with Gasteiger partial charge in [0, 0.05) is 12.4 Å². The highest BCUT2D eigenvalue weighted by Crippen LogP contribution is 2.15. The van der Waals surface area contributed by atoms with E-state index in [-0.39, 0.29) is 0 Å². The first-order valence-electron chi connectivity index (χ1n) is 3.78. The molecule has 3 heteroatoms. The number of aromatic nitrogens is 2. The van der Waals surface area contributed by atoms with Crippen LogP contribution in [0.5, 0.6) is 0 Å². The first-order valence-corrected chi connectivity index (χ1v) is 3.78. The van der Waals surface area contributed by atoms with E-state index in [0.717, 1.165) is 10.9 Å². The van der Waals surface area contributed by atoms with Crippen molar-refractivity contribution in [1.29, 1.82) is 0 Å². The number of nitrogens with zero attached hydrogens (tertiary/aromatic N) is 2. The van der Waals surface area contributed by atoms with E-state index in [1.165, 1.54) is 0 Å². The topological polar surface area (TPSA) is 17.8 Å². The summed E-state index contributed by atoms with van der Waals surface area (Å²) in [5.74, 6) is 0. The van der Waals surface area contributed by atoms with Gasteiger partial charge in [0.25, 0.3) is 0 Å².